The van der Waals surface area contributed by atoms with E-state index in [0.29, 0.717) is 5.92 Å². The van der Waals surface area contributed by atoms with Gasteiger partial charge in [0.05, 0.1) is 5.71 Å². The number of aromatic nitrogens is 1. The second-order valence-corrected chi connectivity index (χ2v) is 5.35. The maximum Gasteiger partial charge on any atom is 0.115 e. The number of phenols is 1. The highest BCUT2D eigenvalue weighted by Crippen LogP contribution is 2.27. The Morgan fingerprint density at radius 2 is 2.00 bits per heavy atom. The molecule has 2 heterocycles. The van der Waals surface area contributed by atoms with Crippen molar-refractivity contribution in [3.8, 4) is 5.75 Å². The maximum absolute atomic E-state index is 9.39. The first-order valence-corrected chi connectivity index (χ1v) is 7.20. The molecule has 21 heavy (non-hydrogen) atoms. The zero-order valence-corrected chi connectivity index (χ0v) is 12.0. The largest absolute Gasteiger partial charge is 0.508 e. The van der Waals surface area contributed by atoms with Crippen molar-refractivity contribution in [2.45, 2.75) is 13.3 Å². The molecule has 1 unspecified atom stereocenters. The van der Waals surface area contributed by atoms with Crippen molar-refractivity contribution in [3.63, 3.8) is 0 Å². The van der Waals surface area contributed by atoms with Crippen LogP contribution < -0.4 is 0 Å². The molecule has 2 aromatic rings. The van der Waals surface area contributed by atoms with Gasteiger partial charge in [0.25, 0.3) is 0 Å². The molecule has 0 fully saturated rings. The minimum Gasteiger partial charge on any atom is -0.508 e. The Morgan fingerprint density at radius 3 is 2.71 bits per heavy atom. The number of rotatable bonds is 2. The van der Waals surface area contributed by atoms with Gasteiger partial charge >= 0.3 is 0 Å². The summed E-state index contributed by atoms with van der Waals surface area (Å²) in [6.45, 7) is 3.09. The van der Waals surface area contributed by atoms with Crippen LogP contribution in [0.2, 0.25) is 0 Å². The average molecular weight is 278 g/mol. The van der Waals surface area contributed by atoms with Gasteiger partial charge in [0.1, 0.15) is 5.75 Å². The number of aromatic hydroxyl groups is 1. The second kappa shape index (κ2) is 5.92. The standard InChI is InChI=1S/C18H18N2O/c1-13-8-10-20-18(15-3-2-9-19-12-15)17(13)11-14-4-6-16(21)7-5-14/h2-7,9,11-13,21H,8,10H2,1H3/b17-11+. The fourth-order valence-corrected chi connectivity index (χ4v) is 2.57. The van der Waals surface area contributed by atoms with Crippen molar-refractivity contribution < 1.29 is 5.11 Å². The third kappa shape index (κ3) is 3.02. The summed E-state index contributed by atoms with van der Waals surface area (Å²) in [5.41, 5.74) is 4.41. The Hall–Kier alpha value is -2.42. The number of phenolic OH excluding ortho intramolecular Hbond substituents is 1. The molecule has 0 aliphatic carbocycles. The molecular weight excluding hydrogens is 260 g/mol. The lowest BCUT2D eigenvalue weighted by atomic mass is 9.87. The van der Waals surface area contributed by atoms with Crippen LogP contribution in [0.5, 0.6) is 5.75 Å². The molecule has 0 radical (unpaired) electrons. The van der Waals surface area contributed by atoms with E-state index in [1.807, 2.05) is 24.4 Å². The minimum absolute atomic E-state index is 0.287. The molecule has 0 spiro atoms. The summed E-state index contributed by atoms with van der Waals surface area (Å²) >= 11 is 0. The number of aliphatic imine (C=N–C) groups is 1. The minimum atomic E-state index is 0.287. The van der Waals surface area contributed by atoms with Crippen molar-refractivity contribution in [1.82, 2.24) is 4.98 Å². The molecule has 3 heteroatoms. The fourth-order valence-electron chi connectivity index (χ4n) is 2.57. The molecule has 0 amide bonds. The number of pyridine rings is 1. The predicted molar refractivity (Wildman–Crippen MR) is 85.5 cm³/mol. The summed E-state index contributed by atoms with van der Waals surface area (Å²) in [5.74, 6) is 0.751. The van der Waals surface area contributed by atoms with E-state index in [9.17, 15) is 5.11 Å². The van der Waals surface area contributed by atoms with Crippen molar-refractivity contribution in [2.75, 3.05) is 6.54 Å². The number of hydrogen-bond donors (Lipinski definition) is 1. The highest BCUT2D eigenvalue weighted by atomic mass is 16.3. The summed E-state index contributed by atoms with van der Waals surface area (Å²) in [5, 5.41) is 9.39. The molecule has 106 valence electrons. The van der Waals surface area contributed by atoms with Gasteiger partial charge in [0, 0.05) is 24.5 Å². The molecule has 1 aromatic carbocycles. The zero-order chi connectivity index (χ0) is 14.7. The van der Waals surface area contributed by atoms with Gasteiger partial charge in [-0.2, -0.15) is 0 Å². The van der Waals surface area contributed by atoms with E-state index in [2.05, 4.69) is 24.1 Å². The number of benzene rings is 1. The Labute approximate surface area is 124 Å². The van der Waals surface area contributed by atoms with Crippen LogP contribution in [0.25, 0.3) is 6.08 Å². The lowest BCUT2D eigenvalue weighted by Gasteiger charge is -2.23. The number of allylic oxidation sites excluding steroid dienone is 1. The quantitative estimate of drug-likeness (QED) is 0.910. The van der Waals surface area contributed by atoms with Gasteiger partial charge in [0.15, 0.2) is 0 Å². The summed E-state index contributed by atoms with van der Waals surface area (Å²) in [6, 6.07) is 11.3. The van der Waals surface area contributed by atoms with E-state index in [4.69, 9.17) is 4.99 Å². The van der Waals surface area contributed by atoms with Crippen LogP contribution in [-0.2, 0) is 0 Å². The van der Waals surface area contributed by atoms with E-state index in [1.54, 1.807) is 18.3 Å². The summed E-state index contributed by atoms with van der Waals surface area (Å²) < 4.78 is 0. The van der Waals surface area contributed by atoms with E-state index < -0.39 is 0 Å². The molecule has 0 bridgehead atoms. The van der Waals surface area contributed by atoms with E-state index in [1.165, 1.54) is 5.57 Å². The lowest BCUT2D eigenvalue weighted by molar-refractivity contribution is 0.475. The maximum atomic E-state index is 9.39. The molecule has 3 nitrogen and oxygen atoms in total. The first kappa shape index (κ1) is 13.6. The summed E-state index contributed by atoms with van der Waals surface area (Å²) in [4.78, 5) is 8.90. The van der Waals surface area contributed by atoms with Gasteiger partial charge in [-0.1, -0.05) is 19.1 Å². The van der Waals surface area contributed by atoms with Crippen molar-refractivity contribution in [2.24, 2.45) is 10.9 Å². The second-order valence-electron chi connectivity index (χ2n) is 5.35. The summed E-state index contributed by atoms with van der Waals surface area (Å²) in [6.07, 6.45) is 6.87. The third-order valence-corrected chi connectivity index (χ3v) is 3.79. The van der Waals surface area contributed by atoms with Gasteiger partial charge in [-0.15, -0.1) is 0 Å². The van der Waals surface area contributed by atoms with Crippen LogP contribution in [0.1, 0.15) is 24.5 Å². The molecule has 0 saturated carbocycles. The molecular formula is C18H18N2O. The Bertz CT molecular complexity index is 672. The van der Waals surface area contributed by atoms with Crippen LogP contribution in [0.4, 0.5) is 0 Å². The van der Waals surface area contributed by atoms with Crippen molar-refractivity contribution in [1.29, 1.82) is 0 Å². The van der Waals surface area contributed by atoms with Crippen LogP contribution in [0.3, 0.4) is 0 Å². The topological polar surface area (TPSA) is 45.5 Å². The van der Waals surface area contributed by atoms with E-state index >= 15 is 0 Å². The smallest absolute Gasteiger partial charge is 0.115 e. The highest BCUT2D eigenvalue weighted by molar-refractivity contribution is 6.15. The van der Waals surface area contributed by atoms with Crippen LogP contribution >= 0.6 is 0 Å². The average Bonchev–Trinajstić information content (AvgIpc) is 2.52. The van der Waals surface area contributed by atoms with Gasteiger partial charge in [-0.05, 0) is 53.8 Å². The Balaban J connectivity index is 2.02. The van der Waals surface area contributed by atoms with Crippen LogP contribution in [0, 0.1) is 5.92 Å². The van der Waals surface area contributed by atoms with Crippen LogP contribution in [-0.4, -0.2) is 22.3 Å². The molecule has 1 aliphatic rings. The van der Waals surface area contributed by atoms with Gasteiger partial charge < -0.3 is 5.11 Å². The molecule has 1 aliphatic heterocycles. The van der Waals surface area contributed by atoms with Crippen LogP contribution in [0.15, 0.2) is 59.4 Å². The van der Waals surface area contributed by atoms with E-state index in [0.717, 1.165) is 29.8 Å². The molecule has 0 saturated heterocycles. The van der Waals surface area contributed by atoms with Gasteiger partial charge in [-0.25, -0.2) is 0 Å². The monoisotopic (exact) mass is 278 g/mol. The van der Waals surface area contributed by atoms with Gasteiger partial charge in [0.2, 0.25) is 0 Å². The predicted octanol–water partition coefficient (Wildman–Crippen LogP) is 3.70. The normalized spacial score (nSPS) is 20.3. The summed E-state index contributed by atoms with van der Waals surface area (Å²) in [7, 11) is 0. The Morgan fingerprint density at radius 1 is 1.19 bits per heavy atom. The molecule has 3 rings (SSSR count). The molecule has 1 atom stereocenters. The molecule has 1 N–H and O–H groups in total. The highest BCUT2D eigenvalue weighted by Gasteiger charge is 2.20. The fraction of sp³-hybridized carbons (Fsp3) is 0.222. The number of hydrogen-bond acceptors (Lipinski definition) is 3. The number of nitrogens with zero attached hydrogens (tertiary/aromatic N) is 2. The molecule has 1 aromatic heterocycles. The van der Waals surface area contributed by atoms with Crippen molar-refractivity contribution >= 4 is 11.8 Å². The van der Waals surface area contributed by atoms with Gasteiger partial charge in [-0.3, -0.25) is 9.98 Å². The van der Waals surface area contributed by atoms with Crippen molar-refractivity contribution in [3.05, 3.63) is 65.5 Å². The van der Waals surface area contributed by atoms with E-state index in [-0.39, 0.29) is 5.75 Å². The third-order valence-electron chi connectivity index (χ3n) is 3.79. The first-order chi connectivity index (χ1) is 10.2. The Kier molecular flexibility index (Phi) is 3.82. The first-order valence-electron chi connectivity index (χ1n) is 7.20. The lowest BCUT2D eigenvalue weighted by Crippen LogP contribution is -2.19. The SMILES string of the molecule is CC1CCN=C(c2cccnc2)/C1=C/c1ccc(O)cc1. The zero-order valence-electron chi connectivity index (χ0n) is 12.0.